The average molecular weight is 281 g/mol. The number of halogens is 1. The quantitative estimate of drug-likeness (QED) is 0.790. The van der Waals surface area contributed by atoms with Gasteiger partial charge in [-0.05, 0) is 60.1 Å². The van der Waals surface area contributed by atoms with Crippen molar-refractivity contribution in [3.05, 3.63) is 29.6 Å². The highest BCUT2D eigenvalue weighted by molar-refractivity contribution is 5.55. The first-order chi connectivity index (χ1) is 9.51. The van der Waals surface area contributed by atoms with Gasteiger partial charge in [0, 0.05) is 30.4 Å². The molecule has 0 heterocycles. The number of nitrogens with one attached hydrogen (secondary N) is 1. The van der Waals surface area contributed by atoms with Crippen LogP contribution >= 0.6 is 0 Å². The number of hydrogen-bond acceptors (Lipinski definition) is 3. The zero-order valence-electron chi connectivity index (χ0n) is 13.4. The van der Waals surface area contributed by atoms with Crippen LogP contribution in [-0.2, 0) is 0 Å². The molecule has 1 rings (SSSR count). The van der Waals surface area contributed by atoms with Crippen LogP contribution in [-0.4, -0.2) is 45.7 Å². The van der Waals surface area contributed by atoms with Crippen LogP contribution < -0.4 is 10.2 Å². The number of hydrogen-bond donors (Lipinski definition) is 1. The minimum atomic E-state index is -0.129. The van der Waals surface area contributed by atoms with Crippen LogP contribution in [0.1, 0.15) is 31.9 Å². The monoisotopic (exact) mass is 281 g/mol. The van der Waals surface area contributed by atoms with Crippen LogP contribution in [0.3, 0.4) is 0 Å². The molecule has 0 radical (unpaired) electrons. The van der Waals surface area contributed by atoms with E-state index in [0.29, 0.717) is 0 Å². The molecule has 0 aliphatic heterocycles. The Kier molecular flexibility index (Phi) is 6.96. The Bertz CT molecular complexity index is 407. The number of nitrogens with zero attached hydrogens (tertiary/aromatic N) is 2. The second-order valence-corrected chi connectivity index (χ2v) is 5.42. The highest BCUT2D eigenvalue weighted by atomic mass is 19.1. The van der Waals surface area contributed by atoms with Crippen LogP contribution in [0, 0.1) is 5.82 Å². The topological polar surface area (TPSA) is 18.5 Å². The van der Waals surface area contributed by atoms with Crippen molar-refractivity contribution in [2.75, 3.05) is 45.7 Å². The maximum absolute atomic E-state index is 14.2. The summed E-state index contributed by atoms with van der Waals surface area (Å²) in [6.45, 7) is 6.99. The molecule has 0 saturated heterocycles. The summed E-state index contributed by atoms with van der Waals surface area (Å²) in [6, 6.07) is 5.37. The summed E-state index contributed by atoms with van der Waals surface area (Å²) in [6.07, 6.45) is 1.07. The predicted octanol–water partition coefficient (Wildman–Crippen LogP) is 2.88. The van der Waals surface area contributed by atoms with Crippen LogP contribution in [0.15, 0.2) is 18.2 Å². The van der Waals surface area contributed by atoms with Gasteiger partial charge in [-0.25, -0.2) is 4.39 Å². The van der Waals surface area contributed by atoms with Crippen LogP contribution in [0.25, 0.3) is 0 Å². The van der Waals surface area contributed by atoms with Crippen molar-refractivity contribution in [3.8, 4) is 0 Å². The average Bonchev–Trinajstić information content (AvgIpc) is 2.42. The van der Waals surface area contributed by atoms with Crippen molar-refractivity contribution in [2.45, 2.75) is 26.3 Å². The molecule has 0 aliphatic carbocycles. The fraction of sp³-hybridized carbons (Fsp3) is 0.625. The molecular formula is C16H28FN3. The van der Waals surface area contributed by atoms with Gasteiger partial charge in [-0.15, -0.1) is 0 Å². The van der Waals surface area contributed by atoms with Gasteiger partial charge in [0.25, 0.3) is 0 Å². The Morgan fingerprint density at radius 3 is 2.50 bits per heavy atom. The number of benzene rings is 1. The summed E-state index contributed by atoms with van der Waals surface area (Å²) >= 11 is 0. The van der Waals surface area contributed by atoms with Crippen molar-refractivity contribution in [1.82, 2.24) is 10.2 Å². The number of rotatable bonds is 8. The molecule has 0 bridgehead atoms. The van der Waals surface area contributed by atoms with Gasteiger partial charge >= 0.3 is 0 Å². The lowest BCUT2D eigenvalue weighted by molar-refractivity contribution is 0.400. The second kappa shape index (κ2) is 8.22. The lowest BCUT2D eigenvalue weighted by atomic mass is 10.0. The minimum absolute atomic E-state index is 0.00842. The third-order valence-electron chi connectivity index (χ3n) is 3.65. The van der Waals surface area contributed by atoms with Gasteiger partial charge in [0.2, 0.25) is 0 Å². The molecule has 114 valence electrons. The highest BCUT2D eigenvalue weighted by Gasteiger charge is 2.17. The lowest BCUT2D eigenvalue weighted by Crippen LogP contribution is -2.29. The smallest absolute Gasteiger partial charge is 0.130 e. The summed E-state index contributed by atoms with van der Waals surface area (Å²) in [5, 5.41) is 3.14. The summed E-state index contributed by atoms with van der Waals surface area (Å²) in [7, 11) is 6.02. The van der Waals surface area contributed by atoms with E-state index in [1.54, 1.807) is 12.1 Å². The van der Waals surface area contributed by atoms with Gasteiger partial charge in [0.1, 0.15) is 5.82 Å². The van der Waals surface area contributed by atoms with Crippen molar-refractivity contribution >= 4 is 5.69 Å². The molecule has 0 aromatic heterocycles. The lowest BCUT2D eigenvalue weighted by Gasteiger charge is -2.28. The van der Waals surface area contributed by atoms with Gasteiger partial charge in [-0.2, -0.15) is 0 Å². The van der Waals surface area contributed by atoms with E-state index >= 15 is 0 Å². The van der Waals surface area contributed by atoms with Crippen LogP contribution in [0.4, 0.5) is 10.1 Å². The molecule has 1 aromatic rings. The summed E-state index contributed by atoms with van der Waals surface area (Å²) in [5.74, 6) is -0.129. The molecule has 0 fully saturated rings. The van der Waals surface area contributed by atoms with Gasteiger partial charge in [0.05, 0.1) is 0 Å². The van der Waals surface area contributed by atoms with E-state index in [-0.39, 0.29) is 11.9 Å². The SMILES string of the molecule is CCN(CCCN(C)C)c1cccc(F)c1C(C)NC. The zero-order valence-corrected chi connectivity index (χ0v) is 13.4. The van der Waals surface area contributed by atoms with Crippen LogP contribution in [0.2, 0.25) is 0 Å². The molecule has 0 aliphatic rings. The van der Waals surface area contributed by atoms with Gasteiger partial charge in [-0.1, -0.05) is 6.07 Å². The summed E-state index contributed by atoms with van der Waals surface area (Å²) in [5.41, 5.74) is 1.77. The van der Waals surface area contributed by atoms with Crippen molar-refractivity contribution in [1.29, 1.82) is 0 Å². The largest absolute Gasteiger partial charge is 0.371 e. The predicted molar refractivity (Wildman–Crippen MR) is 84.9 cm³/mol. The van der Waals surface area contributed by atoms with E-state index in [0.717, 1.165) is 37.3 Å². The second-order valence-electron chi connectivity index (χ2n) is 5.42. The normalized spacial score (nSPS) is 12.8. The summed E-state index contributed by atoms with van der Waals surface area (Å²) < 4.78 is 14.2. The van der Waals surface area contributed by atoms with Gasteiger partial charge < -0.3 is 15.1 Å². The molecule has 20 heavy (non-hydrogen) atoms. The van der Waals surface area contributed by atoms with E-state index < -0.39 is 0 Å². The maximum atomic E-state index is 14.2. The first-order valence-electron chi connectivity index (χ1n) is 7.36. The van der Waals surface area contributed by atoms with E-state index in [9.17, 15) is 4.39 Å². The molecular weight excluding hydrogens is 253 g/mol. The van der Waals surface area contributed by atoms with E-state index in [2.05, 4.69) is 36.1 Å². The van der Waals surface area contributed by atoms with Crippen molar-refractivity contribution in [2.24, 2.45) is 0 Å². The molecule has 1 atom stereocenters. The minimum Gasteiger partial charge on any atom is -0.371 e. The molecule has 1 aromatic carbocycles. The van der Waals surface area contributed by atoms with Gasteiger partial charge in [-0.3, -0.25) is 0 Å². The molecule has 3 nitrogen and oxygen atoms in total. The Labute approximate surface area is 122 Å². The Hall–Kier alpha value is -1.13. The van der Waals surface area contributed by atoms with Gasteiger partial charge in [0.15, 0.2) is 0 Å². The molecule has 1 unspecified atom stereocenters. The van der Waals surface area contributed by atoms with Crippen molar-refractivity contribution in [3.63, 3.8) is 0 Å². The number of anilines is 1. The fourth-order valence-corrected chi connectivity index (χ4v) is 2.40. The van der Waals surface area contributed by atoms with Crippen LogP contribution in [0.5, 0.6) is 0 Å². The fourth-order valence-electron chi connectivity index (χ4n) is 2.40. The first kappa shape index (κ1) is 16.9. The molecule has 0 saturated carbocycles. The zero-order chi connectivity index (χ0) is 15.1. The summed E-state index contributed by atoms with van der Waals surface area (Å²) in [4.78, 5) is 4.44. The highest BCUT2D eigenvalue weighted by Crippen LogP contribution is 2.28. The first-order valence-corrected chi connectivity index (χ1v) is 7.36. The maximum Gasteiger partial charge on any atom is 0.130 e. The molecule has 1 N–H and O–H groups in total. The van der Waals surface area contributed by atoms with E-state index in [1.807, 2.05) is 20.0 Å². The molecule has 0 spiro atoms. The van der Waals surface area contributed by atoms with Crippen molar-refractivity contribution < 1.29 is 4.39 Å². The third-order valence-corrected chi connectivity index (χ3v) is 3.65. The standard InChI is InChI=1S/C16H28FN3/c1-6-20(12-8-11-19(4)5)15-10-7-9-14(17)16(15)13(2)18-3/h7,9-10,13,18H,6,8,11-12H2,1-5H3. The third kappa shape index (κ3) is 4.46. The molecule has 0 amide bonds. The molecule has 4 heteroatoms. The van der Waals surface area contributed by atoms with E-state index in [4.69, 9.17) is 0 Å². The Morgan fingerprint density at radius 2 is 1.95 bits per heavy atom. The van der Waals surface area contributed by atoms with E-state index in [1.165, 1.54) is 0 Å². The Balaban J connectivity index is 2.93. The Morgan fingerprint density at radius 1 is 1.25 bits per heavy atom.